The summed E-state index contributed by atoms with van der Waals surface area (Å²) >= 11 is 0. The van der Waals surface area contributed by atoms with Gasteiger partial charge in [0.05, 0.1) is 13.2 Å². The van der Waals surface area contributed by atoms with E-state index in [0.717, 1.165) is 0 Å². The van der Waals surface area contributed by atoms with Crippen molar-refractivity contribution in [3.8, 4) is 0 Å². The summed E-state index contributed by atoms with van der Waals surface area (Å²) in [7, 11) is -2.17. The van der Waals surface area contributed by atoms with Crippen LogP contribution >= 0.6 is 0 Å². The Morgan fingerprint density at radius 3 is 1.33 bits per heavy atom. The van der Waals surface area contributed by atoms with E-state index in [1.807, 2.05) is 0 Å². The molecule has 0 aromatic heterocycles. The molecule has 0 saturated heterocycles. The first-order chi connectivity index (χ1) is 6.45. The molecule has 84 valence electrons. The fraction of sp³-hybridized carbons (Fsp3) is 0.667. The molecule has 0 aromatic carbocycles. The van der Waals surface area contributed by atoms with E-state index in [1.165, 1.54) is 0 Å². The van der Waals surface area contributed by atoms with Crippen LogP contribution in [0.2, 0.25) is 0 Å². The molecule has 0 radical (unpaired) electrons. The van der Waals surface area contributed by atoms with Crippen molar-refractivity contribution in [3.05, 3.63) is 0 Å². The Morgan fingerprint density at radius 2 is 1.20 bits per heavy atom. The van der Waals surface area contributed by atoms with Crippen LogP contribution in [0.3, 0.4) is 0 Å². The second kappa shape index (κ2) is 13.5. The van der Waals surface area contributed by atoms with Crippen molar-refractivity contribution in [2.75, 3.05) is 13.2 Å². The number of carbonyl (C=O) groups is 2. The van der Waals surface area contributed by atoms with Gasteiger partial charge in [0.1, 0.15) is 0 Å². The Hall–Kier alpha value is -0.518. The van der Waals surface area contributed by atoms with E-state index in [1.54, 1.807) is 13.8 Å². The first kappa shape index (κ1) is 20.0. The molecule has 0 amide bonds. The van der Waals surface area contributed by atoms with E-state index >= 15 is 0 Å². The average molecular weight is 216 g/mol. The number of esters is 2. The third kappa shape index (κ3) is 19.8. The molecule has 15 heavy (non-hydrogen) atoms. The standard InChI is InChI=1S/C6H10O4.BH3O3.Li.H/c1-3-9-5(7)6(8)10-4-2;2-1(3)4;;/h3-4H2,1-2H3;2-4H;;. The van der Waals surface area contributed by atoms with Gasteiger partial charge in [-0.3, -0.25) is 0 Å². The van der Waals surface area contributed by atoms with Gasteiger partial charge < -0.3 is 24.5 Å². The van der Waals surface area contributed by atoms with Crippen molar-refractivity contribution >= 4 is 38.1 Å². The van der Waals surface area contributed by atoms with Crippen LogP contribution in [0, 0.1) is 0 Å². The molecule has 0 aliphatic carbocycles. The molecule has 0 aromatic rings. The van der Waals surface area contributed by atoms with E-state index in [4.69, 9.17) is 15.1 Å². The number of hydrogen-bond donors (Lipinski definition) is 3. The van der Waals surface area contributed by atoms with Crippen LogP contribution < -0.4 is 0 Å². The number of rotatable bonds is 2. The first-order valence-electron chi connectivity index (χ1n) is 3.83. The van der Waals surface area contributed by atoms with Gasteiger partial charge in [-0.05, 0) is 13.8 Å². The van der Waals surface area contributed by atoms with Crippen LogP contribution in [0.5, 0.6) is 0 Å². The van der Waals surface area contributed by atoms with E-state index in [2.05, 4.69) is 9.47 Å². The monoisotopic (exact) mass is 216 g/mol. The van der Waals surface area contributed by atoms with E-state index in [9.17, 15) is 9.59 Å². The Kier molecular flexibility index (Phi) is 17.9. The zero-order valence-corrected chi connectivity index (χ0v) is 7.97. The van der Waals surface area contributed by atoms with E-state index in [-0.39, 0.29) is 32.1 Å². The average Bonchev–Trinajstić information content (AvgIpc) is 2.04. The van der Waals surface area contributed by atoms with Crippen LogP contribution in [0.15, 0.2) is 0 Å². The molecule has 0 saturated carbocycles. The third-order valence-corrected chi connectivity index (χ3v) is 0.718. The minimum atomic E-state index is -2.17. The van der Waals surface area contributed by atoms with Crippen molar-refractivity contribution in [2.24, 2.45) is 0 Å². The van der Waals surface area contributed by atoms with Crippen molar-refractivity contribution in [1.29, 1.82) is 0 Å². The first-order valence-corrected chi connectivity index (χ1v) is 3.83. The summed E-state index contributed by atoms with van der Waals surface area (Å²) in [4.78, 5) is 20.9. The molecule has 0 bridgehead atoms. The maximum absolute atomic E-state index is 10.4. The van der Waals surface area contributed by atoms with Gasteiger partial charge in [-0.1, -0.05) is 0 Å². The van der Waals surface area contributed by atoms with Gasteiger partial charge in [-0.25, -0.2) is 9.59 Å². The van der Waals surface area contributed by atoms with Crippen LogP contribution in [0.4, 0.5) is 0 Å². The predicted molar refractivity (Wildman–Crippen MR) is 52.8 cm³/mol. The molecular weight excluding hydrogens is 202 g/mol. The third-order valence-electron chi connectivity index (χ3n) is 0.718. The van der Waals surface area contributed by atoms with Crippen molar-refractivity contribution < 1.29 is 34.1 Å². The molecule has 9 heteroatoms. The van der Waals surface area contributed by atoms with Crippen LogP contribution in [-0.4, -0.2) is 66.4 Å². The molecule has 3 N–H and O–H groups in total. The van der Waals surface area contributed by atoms with Gasteiger partial charge in [0.2, 0.25) is 0 Å². The van der Waals surface area contributed by atoms with Gasteiger partial charge in [0.25, 0.3) is 0 Å². The molecule has 0 spiro atoms. The van der Waals surface area contributed by atoms with Crippen molar-refractivity contribution in [2.45, 2.75) is 13.8 Å². The summed E-state index contributed by atoms with van der Waals surface area (Å²) in [5.41, 5.74) is 0. The van der Waals surface area contributed by atoms with Crippen LogP contribution in [-0.2, 0) is 19.1 Å². The number of hydrogen-bond acceptors (Lipinski definition) is 7. The van der Waals surface area contributed by atoms with Crippen LogP contribution in [0.1, 0.15) is 13.8 Å². The van der Waals surface area contributed by atoms with Crippen LogP contribution in [0.25, 0.3) is 0 Å². The van der Waals surface area contributed by atoms with Gasteiger partial charge in [0.15, 0.2) is 0 Å². The molecule has 0 aliphatic heterocycles. The van der Waals surface area contributed by atoms with E-state index in [0.29, 0.717) is 0 Å². The van der Waals surface area contributed by atoms with Gasteiger partial charge >= 0.3 is 38.1 Å². The summed E-state index contributed by atoms with van der Waals surface area (Å²) < 4.78 is 8.69. The van der Waals surface area contributed by atoms with E-state index < -0.39 is 19.3 Å². The Bertz CT molecular complexity index is 156. The molecule has 0 fully saturated rings. The zero-order valence-electron chi connectivity index (χ0n) is 7.97. The SMILES string of the molecule is CCOC(=O)C(=O)OCC.OB(O)O.[LiH]. The molecule has 7 nitrogen and oxygen atoms in total. The van der Waals surface area contributed by atoms with Crippen molar-refractivity contribution in [3.63, 3.8) is 0 Å². The fourth-order valence-electron chi connectivity index (χ4n) is 0.380. The van der Waals surface area contributed by atoms with Gasteiger partial charge in [-0.2, -0.15) is 0 Å². The topological polar surface area (TPSA) is 113 Å². The van der Waals surface area contributed by atoms with Gasteiger partial charge in [-0.15, -0.1) is 0 Å². The molecule has 0 heterocycles. The molecule has 0 aliphatic rings. The molecule has 0 unspecified atom stereocenters. The summed E-state index contributed by atoms with van der Waals surface area (Å²) in [6, 6.07) is 0. The normalized spacial score (nSPS) is 7.53. The minimum absolute atomic E-state index is 0. The fourth-order valence-corrected chi connectivity index (χ4v) is 0.380. The van der Waals surface area contributed by atoms with Crippen molar-refractivity contribution in [1.82, 2.24) is 0 Å². The summed E-state index contributed by atoms with van der Waals surface area (Å²) in [6.07, 6.45) is 0. The zero-order chi connectivity index (χ0) is 11.6. The second-order valence-corrected chi connectivity index (χ2v) is 1.79. The quantitative estimate of drug-likeness (QED) is 0.263. The summed E-state index contributed by atoms with van der Waals surface area (Å²) in [6.45, 7) is 3.63. The Balaban J connectivity index is -0.000000249. The number of carbonyl (C=O) groups excluding carboxylic acids is 2. The molecular formula is C6H14BLiO7. The summed E-state index contributed by atoms with van der Waals surface area (Å²) in [5.74, 6) is -1.85. The van der Waals surface area contributed by atoms with Gasteiger partial charge in [0, 0.05) is 0 Å². The number of ether oxygens (including phenoxy) is 2. The molecule has 0 rings (SSSR count). The Labute approximate surface area is 99.7 Å². The maximum atomic E-state index is 10.4. The molecule has 0 atom stereocenters. The Morgan fingerprint density at radius 1 is 1.00 bits per heavy atom. The predicted octanol–water partition coefficient (Wildman–Crippen LogP) is -2.59. The summed E-state index contributed by atoms with van der Waals surface area (Å²) in [5, 5.41) is 21.5. The second-order valence-electron chi connectivity index (χ2n) is 1.79.